The van der Waals surface area contributed by atoms with E-state index in [-0.39, 0.29) is 18.8 Å². The van der Waals surface area contributed by atoms with E-state index >= 15 is 0 Å². The Labute approximate surface area is 92.4 Å². The van der Waals surface area contributed by atoms with Gasteiger partial charge in [-0.3, -0.25) is 4.57 Å². The molecule has 0 rings (SSSR count). The molecule has 0 amide bonds. The molecule has 88 valence electrons. The van der Waals surface area contributed by atoms with Crippen LogP contribution < -0.4 is 4.89 Å². The second-order valence-corrected chi connectivity index (χ2v) is 4.06. The normalized spacial score (nSPS) is 14.3. The van der Waals surface area contributed by atoms with Crippen LogP contribution in [0.4, 0.5) is 0 Å². The molecule has 15 heavy (non-hydrogen) atoms. The van der Waals surface area contributed by atoms with Crippen molar-refractivity contribution in [2.75, 3.05) is 19.3 Å². The lowest BCUT2D eigenvalue weighted by Gasteiger charge is -2.20. The molecule has 0 heterocycles. The molecule has 6 nitrogen and oxygen atoms in total. The summed E-state index contributed by atoms with van der Waals surface area (Å²) in [5, 5.41) is 0. The number of hydrogen-bond donors (Lipinski definition) is 0. The Bertz CT molecular complexity index is 279. The fourth-order valence-electron chi connectivity index (χ4n) is 0.504. The standard InChI is InChI=1S/C7H12ClO6P/c1-6(2)7(9)12-3-4-13-15(10,11)14-5-8/h1,3-5H2,2H3,(H,10,11)/p-1. The van der Waals surface area contributed by atoms with Crippen LogP contribution in [0.1, 0.15) is 6.92 Å². The minimum atomic E-state index is -4.37. The molecule has 0 fully saturated rings. The molecule has 0 radical (unpaired) electrons. The molecule has 0 spiro atoms. The maximum atomic E-state index is 10.8. The average molecular weight is 258 g/mol. The Balaban J connectivity index is 3.67. The molecule has 1 atom stereocenters. The summed E-state index contributed by atoms with van der Waals surface area (Å²) >= 11 is 5.02. The van der Waals surface area contributed by atoms with Crippen molar-refractivity contribution in [1.82, 2.24) is 0 Å². The van der Waals surface area contributed by atoms with Crippen molar-refractivity contribution in [3.63, 3.8) is 0 Å². The van der Waals surface area contributed by atoms with Crippen molar-refractivity contribution in [3.05, 3.63) is 12.2 Å². The van der Waals surface area contributed by atoms with Gasteiger partial charge in [-0.1, -0.05) is 18.2 Å². The molecule has 0 aliphatic heterocycles. The van der Waals surface area contributed by atoms with Crippen LogP contribution in [0.25, 0.3) is 0 Å². The van der Waals surface area contributed by atoms with Gasteiger partial charge >= 0.3 is 5.97 Å². The molecular formula is C7H11ClO6P-. The van der Waals surface area contributed by atoms with Gasteiger partial charge in [0.2, 0.25) is 0 Å². The van der Waals surface area contributed by atoms with E-state index in [2.05, 4.69) is 20.4 Å². The number of halogens is 1. The van der Waals surface area contributed by atoms with Gasteiger partial charge in [-0.15, -0.1) is 0 Å². The molecule has 0 bridgehead atoms. The van der Waals surface area contributed by atoms with E-state index in [0.29, 0.717) is 0 Å². The summed E-state index contributed by atoms with van der Waals surface area (Å²) in [6.07, 6.45) is 0. The lowest BCUT2D eigenvalue weighted by Crippen LogP contribution is -2.14. The van der Waals surface area contributed by atoms with Crippen LogP contribution in [-0.2, 0) is 23.1 Å². The van der Waals surface area contributed by atoms with E-state index in [9.17, 15) is 14.3 Å². The summed E-state index contributed by atoms with van der Waals surface area (Å²) in [7, 11) is -4.37. The summed E-state index contributed by atoms with van der Waals surface area (Å²) < 4.78 is 23.7. The van der Waals surface area contributed by atoms with E-state index < -0.39 is 19.9 Å². The first-order valence-electron chi connectivity index (χ1n) is 3.88. The Kier molecular flexibility index (Phi) is 6.80. The molecule has 0 aliphatic carbocycles. The quantitative estimate of drug-likeness (QED) is 0.220. The zero-order valence-corrected chi connectivity index (χ0v) is 9.75. The molecule has 0 saturated carbocycles. The van der Waals surface area contributed by atoms with E-state index in [0.717, 1.165) is 0 Å². The molecule has 0 aliphatic rings. The number of carbonyl (C=O) groups excluding carboxylic acids is 1. The second kappa shape index (κ2) is 6.98. The molecule has 0 aromatic carbocycles. The van der Waals surface area contributed by atoms with Crippen LogP contribution in [0.3, 0.4) is 0 Å². The predicted octanol–water partition coefficient (Wildman–Crippen LogP) is 0.804. The highest BCUT2D eigenvalue weighted by Crippen LogP contribution is 2.37. The van der Waals surface area contributed by atoms with E-state index in [4.69, 9.17) is 11.6 Å². The zero-order chi connectivity index (χ0) is 11.9. The summed E-state index contributed by atoms with van der Waals surface area (Å²) in [5.41, 5.74) is 0.220. The number of rotatable bonds is 7. The summed E-state index contributed by atoms with van der Waals surface area (Å²) in [6.45, 7) is 4.28. The van der Waals surface area contributed by atoms with Gasteiger partial charge in [0.05, 0.1) is 6.61 Å². The van der Waals surface area contributed by atoms with Crippen molar-refractivity contribution < 1.29 is 28.0 Å². The predicted molar refractivity (Wildman–Crippen MR) is 51.1 cm³/mol. The lowest BCUT2D eigenvalue weighted by molar-refractivity contribution is -0.224. The van der Waals surface area contributed by atoms with Gasteiger partial charge in [0.15, 0.2) is 0 Å². The molecule has 1 unspecified atom stereocenters. The highest BCUT2D eigenvalue weighted by atomic mass is 35.5. The van der Waals surface area contributed by atoms with Gasteiger partial charge < -0.3 is 18.7 Å². The van der Waals surface area contributed by atoms with E-state index in [1.165, 1.54) is 6.92 Å². The van der Waals surface area contributed by atoms with Crippen LogP contribution >= 0.6 is 19.4 Å². The maximum Gasteiger partial charge on any atom is 0.333 e. The highest BCUT2D eigenvalue weighted by molar-refractivity contribution is 7.45. The van der Waals surface area contributed by atoms with E-state index in [1.54, 1.807) is 0 Å². The third-order valence-corrected chi connectivity index (χ3v) is 2.33. The molecule has 0 aromatic heterocycles. The second-order valence-electron chi connectivity index (χ2n) is 2.43. The first-order valence-corrected chi connectivity index (χ1v) is 5.87. The fourth-order valence-corrected chi connectivity index (χ4v) is 1.35. The van der Waals surface area contributed by atoms with E-state index in [1.807, 2.05) is 0 Å². The van der Waals surface area contributed by atoms with Gasteiger partial charge in [0, 0.05) is 5.57 Å². The number of phosphoric ester groups is 1. The number of esters is 1. The van der Waals surface area contributed by atoms with Gasteiger partial charge in [0.25, 0.3) is 7.82 Å². The van der Waals surface area contributed by atoms with Gasteiger partial charge in [0.1, 0.15) is 12.7 Å². The first kappa shape index (κ1) is 14.6. The third kappa shape index (κ3) is 7.53. The number of alkyl halides is 1. The number of phosphoric acid groups is 1. The Morgan fingerprint density at radius 2 is 2.07 bits per heavy atom. The summed E-state index contributed by atoms with van der Waals surface area (Å²) in [5.74, 6) is -0.613. The largest absolute Gasteiger partial charge is 0.756 e. The number of ether oxygens (including phenoxy) is 1. The maximum absolute atomic E-state index is 10.8. The van der Waals surface area contributed by atoms with Crippen molar-refractivity contribution in [2.24, 2.45) is 0 Å². The Morgan fingerprint density at radius 1 is 1.47 bits per heavy atom. The summed E-state index contributed by atoms with van der Waals surface area (Å²) in [6, 6.07) is -0.521. The summed E-state index contributed by atoms with van der Waals surface area (Å²) in [4.78, 5) is 21.6. The number of carbonyl (C=O) groups is 1. The van der Waals surface area contributed by atoms with Gasteiger partial charge in [-0.05, 0) is 6.92 Å². The average Bonchev–Trinajstić information content (AvgIpc) is 2.11. The Morgan fingerprint density at radius 3 is 2.53 bits per heavy atom. The van der Waals surface area contributed by atoms with Crippen LogP contribution in [0.15, 0.2) is 12.2 Å². The van der Waals surface area contributed by atoms with Crippen molar-refractivity contribution in [3.8, 4) is 0 Å². The van der Waals surface area contributed by atoms with Crippen molar-refractivity contribution >= 4 is 25.4 Å². The first-order chi connectivity index (χ1) is 6.89. The van der Waals surface area contributed by atoms with Crippen LogP contribution in [0.5, 0.6) is 0 Å². The SMILES string of the molecule is C=C(C)C(=O)OCCOP(=O)([O-])OCCl. The highest BCUT2D eigenvalue weighted by Gasteiger charge is 2.09. The smallest absolute Gasteiger partial charge is 0.333 e. The topological polar surface area (TPSA) is 84.9 Å². The van der Waals surface area contributed by atoms with Gasteiger partial charge in [-0.25, -0.2) is 4.79 Å². The minimum Gasteiger partial charge on any atom is -0.756 e. The van der Waals surface area contributed by atoms with Crippen molar-refractivity contribution in [2.45, 2.75) is 6.92 Å². The van der Waals surface area contributed by atoms with Crippen molar-refractivity contribution in [1.29, 1.82) is 0 Å². The molecule has 0 aromatic rings. The zero-order valence-electron chi connectivity index (χ0n) is 8.10. The Hall–Kier alpha value is -0.390. The van der Waals surface area contributed by atoms with Crippen LogP contribution in [0.2, 0.25) is 0 Å². The third-order valence-electron chi connectivity index (χ3n) is 1.12. The molecular weight excluding hydrogens is 246 g/mol. The molecule has 0 N–H and O–H groups in total. The van der Waals surface area contributed by atoms with Crippen LogP contribution in [-0.4, -0.2) is 25.2 Å². The fraction of sp³-hybridized carbons (Fsp3) is 0.571. The van der Waals surface area contributed by atoms with Gasteiger partial charge in [-0.2, -0.15) is 0 Å². The lowest BCUT2D eigenvalue weighted by atomic mass is 10.4. The molecule has 8 heteroatoms. The monoisotopic (exact) mass is 257 g/mol. The minimum absolute atomic E-state index is 0.205. The van der Waals surface area contributed by atoms with Crippen LogP contribution in [0, 0.1) is 0 Å². The molecule has 0 saturated heterocycles. The number of hydrogen-bond acceptors (Lipinski definition) is 6.